The van der Waals surface area contributed by atoms with Gasteiger partial charge in [0.2, 0.25) is 0 Å². The molecule has 0 amide bonds. The van der Waals surface area contributed by atoms with Crippen LogP contribution in [0.1, 0.15) is 0 Å². The van der Waals surface area contributed by atoms with Gasteiger partial charge in [-0.2, -0.15) is 0 Å². The summed E-state index contributed by atoms with van der Waals surface area (Å²) in [6.45, 7) is 0. The normalized spacial score (nSPS) is 11.3. The second-order valence-corrected chi connectivity index (χ2v) is 8.93. The van der Waals surface area contributed by atoms with Crippen LogP contribution in [0.2, 0.25) is 0 Å². The number of benzene rings is 5. The minimum Gasteiger partial charge on any atom is -0.309 e. The fourth-order valence-corrected chi connectivity index (χ4v) is 4.92. The van der Waals surface area contributed by atoms with Crippen LogP contribution in [0.5, 0.6) is 0 Å². The average molecular weight is 474 g/mol. The highest BCUT2D eigenvalue weighted by Crippen LogP contribution is 2.35. The highest BCUT2D eigenvalue weighted by atomic mass is 79.9. The van der Waals surface area contributed by atoms with Crippen molar-refractivity contribution in [3.05, 3.63) is 126 Å². The van der Waals surface area contributed by atoms with Crippen molar-refractivity contribution >= 4 is 37.7 Å². The summed E-state index contributed by atoms with van der Waals surface area (Å²) in [6, 6.07) is 43.3. The Balaban J connectivity index is 1.53. The molecule has 0 unspecified atom stereocenters. The van der Waals surface area contributed by atoms with Gasteiger partial charge >= 0.3 is 0 Å². The first-order valence-electron chi connectivity index (χ1n) is 10.7. The zero-order valence-electron chi connectivity index (χ0n) is 17.4. The van der Waals surface area contributed by atoms with Gasteiger partial charge in [0.15, 0.2) is 0 Å². The summed E-state index contributed by atoms with van der Waals surface area (Å²) in [7, 11) is 0. The van der Waals surface area contributed by atoms with E-state index in [1.54, 1.807) is 0 Å². The molecule has 32 heavy (non-hydrogen) atoms. The standard InChI is InChI=1S/C30H20BrN/c31-25-16-17-30-28(20-25)27-14-4-5-15-29(27)32(30)26-13-7-12-24(19-26)23-11-6-10-22(18-23)21-8-2-1-3-9-21/h1-20H. The topological polar surface area (TPSA) is 4.93 Å². The molecule has 0 aliphatic rings. The van der Waals surface area contributed by atoms with Crippen LogP contribution in [0.25, 0.3) is 49.7 Å². The van der Waals surface area contributed by atoms with Gasteiger partial charge in [0.1, 0.15) is 0 Å². The Morgan fingerprint density at radius 3 is 1.91 bits per heavy atom. The molecular weight excluding hydrogens is 454 g/mol. The van der Waals surface area contributed by atoms with E-state index in [1.807, 2.05) is 0 Å². The van der Waals surface area contributed by atoms with Gasteiger partial charge in [-0.25, -0.2) is 0 Å². The number of hydrogen-bond donors (Lipinski definition) is 0. The van der Waals surface area contributed by atoms with Crippen LogP contribution in [-0.2, 0) is 0 Å². The summed E-state index contributed by atoms with van der Waals surface area (Å²) >= 11 is 3.64. The zero-order valence-corrected chi connectivity index (χ0v) is 19.0. The maximum Gasteiger partial charge on any atom is 0.0541 e. The largest absolute Gasteiger partial charge is 0.309 e. The maximum absolute atomic E-state index is 3.64. The van der Waals surface area contributed by atoms with Gasteiger partial charge in [-0.3, -0.25) is 0 Å². The number of hydrogen-bond acceptors (Lipinski definition) is 0. The molecular formula is C30H20BrN. The molecule has 0 saturated heterocycles. The van der Waals surface area contributed by atoms with E-state index in [-0.39, 0.29) is 0 Å². The number of para-hydroxylation sites is 1. The number of fused-ring (bicyclic) bond motifs is 3. The number of aromatic nitrogens is 1. The zero-order chi connectivity index (χ0) is 21.5. The SMILES string of the molecule is Brc1ccc2c(c1)c1ccccc1n2-c1cccc(-c2cccc(-c3ccccc3)c2)c1. The molecule has 6 aromatic rings. The molecule has 0 radical (unpaired) electrons. The highest BCUT2D eigenvalue weighted by Gasteiger charge is 2.13. The molecule has 0 N–H and O–H groups in total. The van der Waals surface area contributed by atoms with E-state index >= 15 is 0 Å². The quantitative estimate of drug-likeness (QED) is 0.241. The van der Waals surface area contributed by atoms with Crippen LogP contribution in [0, 0.1) is 0 Å². The molecule has 0 spiro atoms. The van der Waals surface area contributed by atoms with Crippen molar-refractivity contribution in [2.75, 3.05) is 0 Å². The highest BCUT2D eigenvalue weighted by molar-refractivity contribution is 9.10. The molecule has 1 nitrogen and oxygen atoms in total. The van der Waals surface area contributed by atoms with Crippen LogP contribution >= 0.6 is 15.9 Å². The van der Waals surface area contributed by atoms with Crippen LogP contribution in [0.3, 0.4) is 0 Å². The van der Waals surface area contributed by atoms with E-state index < -0.39 is 0 Å². The Labute approximate surface area is 195 Å². The molecule has 2 heteroatoms. The lowest BCUT2D eigenvalue weighted by Crippen LogP contribution is -1.94. The fraction of sp³-hybridized carbons (Fsp3) is 0. The summed E-state index contributed by atoms with van der Waals surface area (Å²) in [5.74, 6) is 0. The van der Waals surface area contributed by atoms with Gasteiger partial charge < -0.3 is 4.57 Å². The lowest BCUT2D eigenvalue weighted by molar-refractivity contribution is 1.18. The molecule has 0 saturated carbocycles. The van der Waals surface area contributed by atoms with Crippen molar-refractivity contribution in [1.82, 2.24) is 4.57 Å². The molecule has 1 aromatic heterocycles. The Hall–Kier alpha value is -3.62. The van der Waals surface area contributed by atoms with Crippen LogP contribution in [0.4, 0.5) is 0 Å². The molecule has 5 aromatic carbocycles. The Kier molecular flexibility index (Phi) is 4.66. The lowest BCUT2D eigenvalue weighted by Gasteiger charge is -2.11. The third kappa shape index (κ3) is 3.24. The number of nitrogens with zero attached hydrogens (tertiary/aromatic N) is 1. The van der Waals surface area contributed by atoms with Gasteiger partial charge in [0.25, 0.3) is 0 Å². The molecule has 0 fully saturated rings. The first-order chi connectivity index (χ1) is 15.8. The number of rotatable bonds is 3. The maximum atomic E-state index is 3.64. The molecule has 0 bridgehead atoms. The van der Waals surface area contributed by atoms with E-state index in [0.29, 0.717) is 0 Å². The third-order valence-corrected chi connectivity index (χ3v) is 6.54. The third-order valence-electron chi connectivity index (χ3n) is 6.04. The molecule has 6 rings (SSSR count). The van der Waals surface area contributed by atoms with Crippen molar-refractivity contribution in [3.63, 3.8) is 0 Å². The van der Waals surface area contributed by atoms with Crippen molar-refractivity contribution < 1.29 is 0 Å². The van der Waals surface area contributed by atoms with Crippen LogP contribution in [0.15, 0.2) is 126 Å². The van der Waals surface area contributed by atoms with Crippen molar-refractivity contribution in [2.24, 2.45) is 0 Å². The van der Waals surface area contributed by atoms with E-state index in [4.69, 9.17) is 0 Å². The molecule has 0 atom stereocenters. The minimum atomic E-state index is 1.10. The Morgan fingerprint density at radius 1 is 0.438 bits per heavy atom. The predicted molar refractivity (Wildman–Crippen MR) is 139 cm³/mol. The van der Waals surface area contributed by atoms with E-state index in [9.17, 15) is 0 Å². The summed E-state index contributed by atoms with van der Waals surface area (Å²) < 4.78 is 3.46. The second kappa shape index (κ2) is 7.81. The summed E-state index contributed by atoms with van der Waals surface area (Å²) in [4.78, 5) is 0. The van der Waals surface area contributed by atoms with Crippen molar-refractivity contribution in [3.8, 4) is 27.9 Å². The van der Waals surface area contributed by atoms with E-state index in [2.05, 4.69) is 142 Å². The lowest BCUT2D eigenvalue weighted by atomic mass is 9.99. The van der Waals surface area contributed by atoms with E-state index in [1.165, 1.54) is 49.7 Å². The molecule has 0 aliphatic carbocycles. The van der Waals surface area contributed by atoms with Crippen LogP contribution < -0.4 is 0 Å². The Bertz CT molecular complexity index is 1580. The molecule has 1 heterocycles. The summed E-state index contributed by atoms with van der Waals surface area (Å²) in [6.07, 6.45) is 0. The predicted octanol–water partition coefficient (Wildman–Crippen LogP) is 8.88. The Morgan fingerprint density at radius 2 is 1.06 bits per heavy atom. The fourth-order valence-electron chi connectivity index (χ4n) is 4.56. The van der Waals surface area contributed by atoms with Gasteiger partial charge in [-0.15, -0.1) is 0 Å². The molecule has 0 aliphatic heterocycles. The first-order valence-corrected chi connectivity index (χ1v) is 11.5. The summed E-state index contributed by atoms with van der Waals surface area (Å²) in [5, 5.41) is 2.52. The van der Waals surface area contributed by atoms with Crippen molar-refractivity contribution in [2.45, 2.75) is 0 Å². The average Bonchev–Trinajstić information content (AvgIpc) is 3.18. The van der Waals surface area contributed by atoms with Crippen molar-refractivity contribution in [1.29, 1.82) is 0 Å². The van der Waals surface area contributed by atoms with Gasteiger partial charge in [-0.05, 0) is 64.7 Å². The molecule has 152 valence electrons. The van der Waals surface area contributed by atoms with Crippen LogP contribution in [-0.4, -0.2) is 4.57 Å². The van der Waals surface area contributed by atoms with Gasteiger partial charge in [-0.1, -0.05) is 94.8 Å². The summed E-state index contributed by atoms with van der Waals surface area (Å²) in [5.41, 5.74) is 8.50. The van der Waals surface area contributed by atoms with Gasteiger partial charge in [0, 0.05) is 20.9 Å². The smallest absolute Gasteiger partial charge is 0.0541 e. The second-order valence-electron chi connectivity index (χ2n) is 8.01. The van der Waals surface area contributed by atoms with Gasteiger partial charge in [0.05, 0.1) is 11.0 Å². The van der Waals surface area contributed by atoms with E-state index in [0.717, 1.165) is 4.47 Å². The monoisotopic (exact) mass is 473 g/mol. The first kappa shape index (κ1) is 19.1. The number of halogens is 1. The minimum absolute atomic E-state index is 1.10.